The number of benzene rings is 1. The van der Waals surface area contributed by atoms with Crippen LogP contribution in [0.4, 0.5) is 10.1 Å². The maximum Gasteiger partial charge on any atom is 0.237 e. The van der Waals surface area contributed by atoms with Crippen LogP contribution in [0, 0.1) is 5.82 Å². The molecule has 0 saturated carbocycles. The number of hydrogen-bond acceptors (Lipinski definition) is 3. The van der Waals surface area contributed by atoms with Crippen molar-refractivity contribution in [2.45, 2.75) is 24.8 Å². The number of piperidine rings is 1. The van der Waals surface area contributed by atoms with E-state index in [0.29, 0.717) is 5.69 Å². The van der Waals surface area contributed by atoms with Gasteiger partial charge in [-0.25, -0.2) is 4.39 Å². The van der Waals surface area contributed by atoms with Gasteiger partial charge >= 0.3 is 0 Å². The lowest BCUT2D eigenvalue weighted by Crippen LogP contribution is -2.47. The summed E-state index contributed by atoms with van der Waals surface area (Å²) >= 11 is 0. The van der Waals surface area contributed by atoms with E-state index in [1.807, 2.05) is 18.3 Å². The van der Waals surface area contributed by atoms with Crippen LogP contribution in [0.5, 0.6) is 0 Å². The molecule has 132 valence electrons. The largest absolute Gasteiger partial charge is 0.312 e. The van der Waals surface area contributed by atoms with E-state index in [0.717, 1.165) is 38.0 Å². The molecule has 0 N–H and O–H groups in total. The summed E-state index contributed by atoms with van der Waals surface area (Å²) in [6.45, 7) is 2.48. The van der Waals surface area contributed by atoms with Crippen molar-refractivity contribution >= 4 is 24.0 Å². The third-order valence-corrected chi connectivity index (χ3v) is 5.39. The van der Waals surface area contributed by atoms with Gasteiger partial charge in [0.15, 0.2) is 0 Å². The fourth-order valence-corrected chi connectivity index (χ4v) is 4.11. The molecule has 25 heavy (non-hydrogen) atoms. The van der Waals surface area contributed by atoms with Gasteiger partial charge in [0.05, 0.1) is 11.1 Å². The maximum atomic E-state index is 14.2. The zero-order valence-corrected chi connectivity index (χ0v) is 14.9. The summed E-state index contributed by atoms with van der Waals surface area (Å²) in [6, 6.07) is 9.06. The van der Waals surface area contributed by atoms with Gasteiger partial charge in [-0.05, 0) is 49.2 Å². The number of carbonyl (C=O) groups is 1. The van der Waals surface area contributed by atoms with E-state index in [1.165, 1.54) is 16.5 Å². The fourth-order valence-electron chi connectivity index (χ4n) is 4.11. The highest BCUT2D eigenvalue weighted by molar-refractivity contribution is 6.08. The van der Waals surface area contributed by atoms with Crippen molar-refractivity contribution in [2.75, 3.05) is 25.0 Å². The number of anilines is 1. The molecule has 4 rings (SSSR count). The lowest BCUT2D eigenvalue weighted by atomic mass is 9.73. The van der Waals surface area contributed by atoms with Crippen LogP contribution in [0.3, 0.4) is 0 Å². The minimum absolute atomic E-state index is 0. The Morgan fingerprint density at radius 2 is 1.96 bits per heavy atom. The minimum Gasteiger partial charge on any atom is -0.312 e. The van der Waals surface area contributed by atoms with Crippen LogP contribution in [0.25, 0.3) is 0 Å². The van der Waals surface area contributed by atoms with Gasteiger partial charge in [-0.1, -0.05) is 18.2 Å². The lowest BCUT2D eigenvalue weighted by molar-refractivity contribution is -0.124. The third kappa shape index (κ3) is 2.81. The molecule has 3 heterocycles. The first-order valence-electron chi connectivity index (χ1n) is 8.30. The van der Waals surface area contributed by atoms with Crippen molar-refractivity contribution in [1.82, 2.24) is 9.88 Å². The lowest BCUT2D eigenvalue weighted by Gasteiger charge is -2.38. The zero-order chi connectivity index (χ0) is 16.7. The molecule has 1 amide bonds. The summed E-state index contributed by atoms with van der Waals surface area (Å²) in [5.41, 5.74) is 1.94. The van der Waals surface area contributed by atoms with Gasteiger partial charge in [0.25, 0.3) is 0 Å². The molecule has 0 radical (unpaired) electrons. The first-order chi connectivity index (χ1) is 11.6. The summed E-state index contributed by atoms with van der Waals surface area (Å²) in [4.78, 5) is 20.9. The monoisotopic (exact) mass is 361 g/mol. The highest BCUT2D eigenvalue weighted by Crippen LogP contribution is 2.48. The van der Waals surface area contributed by atoms with Crippen molar-refractivity contribution < 1.29 is 9.18 Å². The highest BCUT2D eigenvalue weighted by Gasteiger charge is 2.51. The first-order valence-corrected chi connectivity index (χ1v) is 8.30. The average Bonchev–Trinajstić information content (AvgIpc) is 2.81. The highest BCUT2D eigenvalue weighted by atomic mass is 35.5. The molecule has 1 saturated heterocycles. The summed E-state index contributed by atoms with van der Waals surface area (Å²) in [5.74, 6) is -0.276. The van der Waals surface area contributed by atoms with Crippen LogP contribution in [-0.2, 0) is 16.8 Å². The average molecular weight is 362 g/mol. The number of carbonyl (C=O) groups excluding carboxylic acids is 1. The van der Waals surface area contributed by atoms with Gasteiger partial charge in [-0.2, -0.15) is 0 Å². The van der Waals surface area contributed by atoms with Gasteiger partial charge in [0.2, 0.25) is 5.91 Å². The SMILES string of the molecule is CN1C(=O)C2(CCN(Cc3cccnc3)CC2)c2cccc(F)c21.Cl. The van der Waals surface area contributed by atoms with Gasteiger partial charge in [0.1, 0.15) is 5.82 Å². The van der Waals surface area contributed by atoms with E-state index in [9.17, 15) is 9.18 Å². The second-order valence-corrected chi connectivity index (χ2v) is 6.72. The van der Waals surface area contributed by atoms with E-state index in [2.05, 4.69) is 16.0 Å². The molecule has 2 aromatic rings. The van der Waals surface area contributed by atoms with Crippen molar-refractivity contribution in [1.29, 1.82) is 0 Å². The number of pyridine rings is 1. The molecule has 0 unspecified atom stereocenters. The number of likely N-dealkylation sites (tertiary alicyclic amines) is 1. The molecular formula is C19H21ClFN3O. The second kappa shape index (κ2) is 6.73. The summed E-state index contributed by atoms with van der Waals surface area (Å²) in [6.07, 6.45) is 5.11. The molecule has 2 aliphatic heterocycles. The molecule has 6 heteroatoms. The number of hydrogen-bond donors (Lipinski definition) is 0. The Morgan fingerprint density at radius 1 is 1.20 bits per heavy atom. The fraction of sp³-hybridized carbons (Fsp3) is 0.368. The summed E-state index contributed by atoms with van der Waals surface area (Å²) in [7, 11) is 1.68. The third-order valence-electron chi connectivity index (χ3n) is 5.39. The van der Waals surface area contributed by atoms with E-state index < -0.39 is 5.41 Å². The summed E-state index contributed by atoms with van der Waals surface area (Å²) < 4.78 is 14.2. The maximum absolute atomic E-state index is 14.2. The molecule has 0 bridgehead atoms. The topological polar surface area (TPSA) is 36.4 Å². The van der Waals surface area contributed by atoms with E-state index >= 15 is 0 Å². The Hall–Kier alpha value is -1.98. The van der Waals surface area contributed by atoms with Gasteiger partial charge in [-0.3, -0.25) is 14.7 Å². The molecule has 4 nitrogen and oxygen atoms in total. The predicted molar refractivity (Wildman–Crippen MR) is 97.5 cm³/mol. The van der Waals surface area contributed by atoms with Crippen molar-refractivity contribution in [3.63, 3.8) is 0 Å². The number of rotatable bonds is 2. The smallest absolute Gasteiger partial charge is 0.237 e. The Balaban J connectivity index is 0.00000182. The molecular weight excluding hydrogens is 341 g/mol. The van der Waals surface area contributed by atoms with E-state index in [4.69, 9.17) is 0 Å². The standard InChI is InChI=1S/C19H20FN3O.ClH/c1-22-17-15(5-2-6-16(17)20)19(18(22)24)7-10-23(11-8-19)13-14-4-3-9-21-12-14;/h2-6,9,12H,7-8,10-11,13H2,1H3;1H. The number of fused-ring (bicyclic) bond motifs is 2. The number of likely N-dealkylation sites (N-methyl/N-ethyl adjacent to an activating group) is 1. The predicted octanol–water partition coefficient (Wildman–Crippen LogP) is 3.15. The number of aromatic nitrogens is 1. The molecule has 1 aromatic heterocycles. The number of halogens is 2. The quantitative estimate of drug-likeness (QED) is 0.824. The molecule has 1 fully saturated rings. The van der Waals surface area contributed by atoms with Crippen LogP contribution in [0.1, 0.15) is 24.0 Å². The van der Waals surface area contributed by atoms with Crippen LogP contribution >= 0.6 is 12.4 Å². The first kappa shape index (κ1) is 17.8. The molecule has 0 atom stereocenters. The Labute approximate surface area is 153 Å². The van der Waals surface area contributed by atoms with Crippen LogP contribution in [0.2, 0.25) is 0 Å². The van der Waals surface area contributed by atoms with Crippen molar-refractivity contribution in [2.24, 2.45) is 0 Å². The van der Waals surface area contributed by atoms with Gasteiger partial charge in [0, 0.05) is 26.0 Å². The van der Waals surface area contributed by atoms with Crippen LogP contribution in [0.15, 0.2) is 42.7 Å². The Bertz CT molecular complexity index is 775. The van der Waals surface area contributed by atoms with Crippen molar-refractivity contribution in [3.8, 4) is 0 Å². The molecule has 0 aliphatic carbocycles. The van der Waals surface area contributed by atoms with Crippen LogP contribution < -0.4 is 4.90 Å². The summed E-state index contributed by atoms with van der Waals surface area (Å²) in [5, 5.41) is 0. The van der Waals surface area contributed by atoms with Crippen LogP contribution in [-0.4, -0.2) is 35.9 Å². The minimum atomic E-state index is -0.558. The van der Waals surface area contributed by atoms with E-state index in [1.54, 1.807) is 19.3 Å². The Morgan fingerprint density at radius 3 is 2.64 bits per heavy atom. The second-order valence-electron chi connectivity index (χ2n) is 6.72. The van der Waals surface area contributed by atoms with Crippen molar-refractivity contribution in [3.05, 3.63) is 59.7 Å². The van der Waals surface area contributed by atoms with Gasteiger partial charge < -0.3 is 4.90 Å². The Kier molecular flexibility index (Phi) is 4.80. The number of para-hydroxylation sites is 1. The molecule has 2 aliphatic rings. The number of nitrogens with zero attached hydrogens (tertiary/aromatic N) is 3. The van der Waals surface area contributed by atoms with Gasteiger partial charge in [-0.15, -0.1) is 12.4 Å². The number of amides is 1. The zero-order valence-electron chi connectivity index (χ0n) is 14.1. The molecule has 1 spiro atoms. The normalized spacial score (nSPS) is 19.0. The molecule has 1 aromatic carbocycles. The van der Waals surface area contributed by atoms with E-state index in [-0.39, 0.29) is 24.1 Å².